The summed E-state index contributed by atoms with van der Waals surface area (Å²) in [6.07, 6.45) is 2.49. The van der Waals surface area contributed by atoms with Gasteiger partial charge in [0, 0.05) is 0 Å². The van der Waals surface area contributed by atoms with E-state index in [4.69, 9.17) is 21.7 Å². The standard InChI is InChI=1S/C6H13NO2.C3H7NO2/c1-2-3-4-5(7)6(8)9;1-2(4)3(5)6/h5H,2-4,7H2,1H3,(H,8,9);2H,4H2,1H3,(H,5,6)/t5-;2-/m00/s1. The van der Waals surface area contributed by atoms with Crippen molar-refractivity contribution in [1.82, 2.24) is 0 Å². The molecule has 6 N–H and O–H groups in total. The molecular weight excluding hydrogens is 200 g/mol. The highest BCUT2D eigenvalue weighted by Crippen LogP contribution is 1.96. The fraction of sp³-hybridized carbons (Fsp3) is 0.778. The number of carboxylic acids is 2. The molecule has 90 valence electrons. The number of rotatable bonds is 5. The molecule has 0 saturated heterocycles. The molecule has 0 heterocycles. The molecule has 0 rings (SSSR count). The molecule has 0 aliphatic heterocycles. The Hall–Kier alpha value is -1.14. The molecule has 0 fully saturated rings. The van der Waals surface area contributed by atoms with E-state index in [0.717, 1.165) is 12.8 Å². The third kappa shape index (κ3) is 12.9. The number of carbonyl (C=O) groups is 2. The van der Waals surface area contributed by atoms with Gasteiger partial charge in [-0.05, 0) is 13.3 Å². The van der Waals surface area contributed by atoms with E-state index >= 15 is 0 Å². The van der Waals surface area contributed by atoms with Crippen molar-refractivity contribution in [1.29, 1.82) is 0 Å². The fourth-order valence-corrected chi connectivity index (χ4v) is 0.548. The Labute approximate surface area is 89.3 Å². The summed E-state index contributed by atoms with van der Waals surface area (Å²) in [6, 6.07) is -1.39. The molecule has 6 heteroatoms. The predicted octanol–water partition coefficient (Wildman–Crippen LogP) is 0.00670. The summed E-state index contributed by atoms with van der Waals surface area (Å²) in [5.41, 5.74) is 10.0. The van der Waals surface area contributed by atoms with E-state index in [1.807, 2.05) is 6.92 Å². The Balaban J connectivity index is 0. The van der Waals surface area contributed by atoms with Gasteiger partial charge in [0.15, 0.2) is 0 Å². The van der Waals surface area contributed by atoms with Crippen LogP contribution in [-0.4, -0.2) is 34.2 Å². The van der Waals surface area contributed by atoms with Gasteiger partial charge in [0.25, 0.3) is 0 Å². The number of hydrogen-bond acceptors (Lipinski definition) is 4. The summed E-state index contributed by atoms with van der Waals surface area (Å²) >= 11 is 0. The van der Waals surface area contributed by atoms with Crippen molar-refractivity contribution in [3.63, 3.8) is 0 Å². The van der Waals surface area contributed by atoms with Gasteiger partial charge in [0.1, 0.15) is 12.1 Å². The zero-order valence-electron chi connectivity index (χ0n) is 9.14. The molecular formula is C9H20N2O4. The minimum atomic E-state index is -0.963. The van der Waals surface area contributed by atoms with Crippen LogP contribution < -0.4 is 11.5 Å². The molecule has 0 amide bonds. The third-order valence-electron chi connectivity index (χ3n) is 1.58. The van der Waals surface area contributed by atoms with Gasteiger partial charge in [-0.2, -0.15) is 0 Å². The van der Waals surface area contributed by atoms with Crippen molar-refractivity contribution in [2.45, 2.75) is 45.2 Å². The van der Waals surface area contributed by atoms with Gasteiger partial charge < -0.3 is 21.7 Å². The molecule has 0 aliphatic rings. The topological polar surface area (TPSA) is 127 Å². The van der Waals surface area contributed by atoms with Crippen LogP contribution in [0.15, 0.2) is 0 Å². The van der Waals surface area contributed by atoms with Crippen LogP contribution in [0.3, 0.4) is 0 Å². The van der Waals surface area contributed by atoms with E-state index in [2.05, 4.69) is 0 Å². The van der Waals surface area contributed by atoms with Gasteiger partial charge in [-0.3, -0.25) is 9.59 Å². The van der Waals surface area contributed by atoms with Crippen LogP contribution in [0.25, 0.3) is 0 Å². The highest BCUT2D eigenvalue weighted by Gasteiger charge is 2.08. The van der Waals surface area contributed by atoms with Crippen molar-refractivity contribution < 1.29 is 19.8 Å². The monoisotopic (exact) mass is 220 g/mol. The lowest BCUT2D eigenvalue weighted by atomic mass is 10.1. The Morgan fingerprint density at radius 2 is 1.60 bits per heavy atom. The van der Waals surface area contributed by atoms with Crippen molar-refractivity contribution >= 4 is 11.9 Å². The summed E-state index contributed by atoms with van der Waals surface area (Å²) in [4.78, 5) is 19.7. The third-order valence-corrected chi connectivity index (χ3v) is 1.58. The van der Waals surface area contributed by atoms with Gasteiger partial charge in [-0.25, -0.2) is 0 Å². The predicted molar refractivity (Wildman–Crippen MR) is 56.4 cm³/mol. The molecule has 0 aliphatic carbocycles. The first-order chi connectivity index (χ1) is 6.82. The van der Waals surface area contributed by atoms with E-state index < -0.39 is 24.0 Å². The quantitative estimate of drug-likeness (QED) is 0.516. The maximum Gasteiger partial charge on any atom is 0.320 e. The zero-order valence-corrected chi connectivity index (χ0v) is 9.14. The van der Waals surface area contributed by atoms with Crippen LogP contribution in [0.5, 0.6) is 0 Å². The number of aliphatic carboxylic acids is 2. The van der Waals surface area contributed by atoms with Gasteiger partial charge in [0.2, 0.25) is 0 Å². The van der Waals surface area contributed by atoms with Crippen molar-refractivity contribution in [3.8, 4) is 0 Å². The minimum absolute atomic E-state index is 0.589. The molecule has 6 nitrogen and oxygen atoms in total. The van der Waals surface area contributed by atoms with E-state index in [0.29, 0.717) is 6.42 Å². The summed E-state index contributed by atoms with van der Waals surface area (Å²) in [6.45, 7) is 3.43. The average molecular weight is 220 g/mol. The number of carboxylic acid groups (broad SMARTS) is 2. The summed E-state index contributed by atoms with van der Waals surface area (Å²) in [7, 11) is 0. The summed E-state index contributed by atoms with van der Waals surface area (Å²) < 4.78 is 0. The molecule has 0 unspecified atom stereocenters. The maximum atomic E-state index is 10.1. The van der Waals surface area contributed by atoms with E-state index in [1.165, 1.54) is 6.92 Å². The Kier molecular flexibility index (Phi) is 10.2. The lowest BCUT2D eigenvalue weighted by Crippen LogP contribution is -2.29. The normalized spacial score (nSPS) is 13.3. The molecule has 15 heavy (non-hydrogen) atoms. The molecule has 0 spiro atoms. The molecule has 0 radical (unpaired) electrons. The Morgan fingerprint density at radius 3 is 1.80 bits per heavy atom. The second-order valence-electron chi connectivity index (χ2n) is 3.21. The second kappa shape index (κ2) is 9.42. The van der Waals surface area contributed by atoms with E-state index in [9.17, 15) is 9.59 Å². The van der Waals surface area contributed by atoms with Crippen LogP contribution in [0.1, 0.15) is 33.1 Å². The van der Waals surface area contributed by atoms with Gasteiger partial charge in [-0.15, -0.1) is 0 Å². The van der Waals surface area contributed by atoms with E-state index in [1.54, 1.807) is 0 Å². The first kappa shape index (κ1) is 16.3. The second-order valence-corrected chi connectivity index (χ2v) is 3.21. The Bertz CT molecular complexity index is 195. The van der Waals surface area contributed by atoms with Crippen molar-refractivity contribution in [3.05, 3.63) is 0 Å². The molecule has 0 bridgehead atoms. The number of unbranched alkanes of at least 4 members (excludes halogenated alkanes) is 1. The van der Waals surface area contributed by atoms with Crippen LogP contribution in [0.2, 0.25) is 0 Å². The van der Waals surface area contributed by atoms with Gasteiger partial charge >= 0.3 is 11.9 Å². The highest BCUT2D eigenvalue weighted by atomic mass is 16.4. The highest BCUT2D eigenvalue weighted by molar-refractivity contribution is 5.73. The lowest BCUT2D eigenvalue weighted by molar-refractivity contribution is -0.139. The summed E-state index contributed by atoms with van der Waals surface area (Å²) in [5, 5.41) is 16.1. The van der Waals surface area contributed by atoms with Crippen LogP contribution in [0.4, 0.5) is 0 Å². The SMILES string of the molecule is CCCC[C@H](N)C(=O)O.C[C@H](N)C(=O)O. The number of hydrogen-bond donors (Lipinski definition) is 4. The zero-order chi connectivity index (χ0) is 12.4. The largest absolute Gasteiger partial charge is 0.480 e. The van der Waals surface area contributed by atoms with Crippen molar-refractivity contribution in [2.24, 2.45) is 11.5 Å². The molecule has 0 aromatic carbocycles. The van der Waals surface area contributed by atoms with Crippen LogP contribution in [0, 0.1) is 0 Å². The molecule has 0 aromatic rings. The smallest absolute Gasteiger partial charge is 0.320 e. The lowest BCUT2D eigenvalue weighted by Gasteiger charge is -2.02. The minimum Gasteiger partial charge on any atom is -0.480 e. The number of nitrogens with two attached hydrogens (primary N) is 2. The van der Waals surface area contributed by atoms with E-state index in [-0.39, 0.29) is 0 Å². The van der Waals surface area contributed by atoms with Gasteiger partial charge in [0.05, 0.1) is 0 Å². The average Bonchev–Trinajstić information content (AvgIpc) is 2.14. The Morgan fingerprint density at radius 1 is 1.20 bits per heavy atom. The van der Waals surface area contributed by atoms with Gasteiger partial charge in [-0.1, -0.05) is 19.8 Å². The summed E-state index contributed by atoms with van der Waals surface area (Å²) in [5.74, 6) is -1.86. The first-order valence-corrected chi connectivity index (χ1v) is 4.79. The maximum absolute atomic E-state index is 10.1. The molecule has 0 aromatic heterocycles. The van der Waals surface area contributed by atoms with Crippen molar-refractivity contribution in [2.75, 3.05) is 0 Å². The van der Waals surface area contributed by atoms with Crippen LogP contribution in [-0.2, 0) is 9.59 Å². The first-order valence-electron chi connectivity index (χ1n) is 4.79. The molecule has 0 saturated carbocycles. The molecule has 2 atom stereocenters. The van der Waals surface area contributed by atoms with Crippen LogP contribution >= 0.6 is 0 Å². The fourth-order valence-electron chi connectivity index (χ4n) is 0.548.